The number of nitrogens with two attached hydrogens (primary N) is 1. The van der Waals surface area contributed by atoms with Crippen molar-refractivity contribution in [1.29, 1.82) is 0 Å². The number of unbranched alkanes of at least 4 members (excludes halogenated alkanes) is 1. The number of carbonyl (C=O) groups is 1. The summed E-state index contributed by atoms with van der Waals surface area (Å²) in [5, 5.41) is 2.86. The van der Waals surface area contributed by atoms with Crippen LogP contribution in [-0.4, -0.2) is 30.1 Å². The van der Waals surface area contributed by atoms with E-state index < -0.39 is 0 Å². The molecule has 1 amide bonds. The molecule has 0 aromatic carbocycles. The lowest BCUT2D eigenvalue weighted by molar-refractivity contribution is 0.0754. The maximum absolute atomic E-state index is 11.9. The zero-order valence-corrected chi connectivity index (χ0v) is 11.9. The van der Waals surface area contributed by atoms with Gasteiger partial charge < -0.3 is 15.8 Å². The first-order chi connectivity index (χ1) is 8.99. The molecule has 0 radical (unpaired) electrons. The monoisotopic (exact) mass is 265 g/mol. The van der Waals surface area contributed by atoms with Crippen LogP contribution < -0.4 is 11.1 Å². The Morgan fingerprint density at radius 3 is 2.79 bits per heavy atom. The topological polar surface area (TPSA) is 77.2 Å². The minimum atomic E-state index is -0.109. The molecule has 0 unspecified atom stereocenters. The highest BCUT2D eigenvalue weighted by Crippen LogP contribution is 2.06. The molecule has 106 valence electrons. The molecule has 3 N–H and O–H groups in total. The number of anilines is 1. The minimum Gasteiger partial charge on any atom is -0.384 e. The Morgan fingerprint density at radius 2 is 2.16 bits per heavy atom. The van der Waals surface area contributed by atoms with Gasteiger partial charge in [-0.05, 0) is 45.7 Å². The predicted octanol–water partition coefficient (Wildman–Crippen LogP) is 1.91. The molecule has 1 aromatic rings. The normalized spacial score (nSPS) is 10.7. The van der Waals surface area contributed by atoms with Crippen molar-refractivity contribution < 1.29 is 9.53 Å². The van der Waals surface area contributed by atoms with Crippen molar-refractivity contribution in [3.05, 3.63) is 23.4 Å². The van der Waals surface area contributed by atoms with Crippen LogP contribution in [0.4, 0.5) is 5.82 Å². The number of nitrogens with one attached hydrogen (secondary N) is 1. The first kappa shape index (κ1) is 15.4. The van der Waals surface area contributed by atoms with Crippen LogP contribution in [0.3, 0.4) is 0 Å². The van der Waals surface area contributed by atoms with E-state index in [4.69, 9.17) is 10.5 Å². The van der Waals surface area contributed by atoms with E-state index in [0.29, 0.717) is 17.9 Å². The number of nitrogens with zero attached hydrogens (tertiary/aromatic N) is 1. The number of nitrogen functional groups attached to an aromatic ring is 1. The van der Waals surface area contributed by atoms with Crippen molar-refractivity contribution in [2.24, 2.45) is 0 Å². The van der Waals surface area contributed by atoms with E-state index in [1.54, 1.807) is 12.1 Å². The number of ether oxygens (including phenoxy) is 1. The average Bonchev–Trinajstić information content (AvgIpc) is 2.31. The van der Waals surface area contributed by atoms with Crippen molar-refractivity contribution in [3.63, 3.8) is 0 Å². The molecule has 0 saturated heterocycles. The van der Waals surface area contributed by atoms with Crippen LogP contribution in [0.2, 0.25) is 0 Å². The third-order valence-electron chi connectivity index (χ3n) is 2.54. The standard InChI is InChI=1S/C14H23N3O2/c1-10(2)19-7-5-4-6-16-14(18)12-8-11(3)17-13(15)9-12/h8-10H,4-7H2,1-3H3,(H2,15,17)(H,16,18). The maximum atomic E-state index is 11.9. The molecular formula is C14H23N3O2. The highest BCUT2D eigenvalue weighted by molar-refractivity contribution is 5.94. The molecule has 0 aliphatic rings. The van der Waals surface area contributed by atoms with E-state index in [2.05, 4.69) is 10.3 Å². The third-order valence-corrected chi connectivity index (χ3v) is 2.54. The van der Waals surface area contributed by atoms with Gasteiger partial charge in [0.05, 0.1) is 6.10 Å². The second kappa shape index (κ2) is 7.74. The number of pyridine rings is 1. The molecule has 0 aliphatic carbocycles. The predicted molar refractivity (Wildman–Crippen MR) is 76.0 cm³/mol. The van der Waals surface area contributed by atoms with E-state index in [-0.39, 0.29) is 12.0 Å². The SMILES string of the molecule is Cc1cc(C(=O)NCCCCOC(C)C)cc(N)n1. The van der Waals surface area contributed by atoms with Gasteiger partial charge in [0.1, 0.15) is 5.82 Å². The van der Waals surface area contributed by atoms with Crippen molar-refractivity contribution in [3.8, 4) is 0 Å². The Labute approximate surface area is 114 Å². The van der Waals surface area contributed by atoms with Crippen LogP contribution in [0.25, 0.3) is 0 Å². The van der Waals surface area contributed by atoms with Crippen LogP contribution >= 0.6 is 0 Å². The lowest BCUT2D eigenvalue weighted by Gasteiger charge is -2.08. The number of aromatic nitrogens is 1. The number of aryl methyl sites for hydroxylation is 1. The summed E-state index contributed by atoms with van der Waals surface area (Å²) in [6, 6.07) is 3.32. The second-order valence-corrected chi connectivity index (χ2v) is 4.80. The fourth-order valence-electron chi connectivity index (χ4n) is 1.68. The van der Waals surface area contributed by atoms with Crippen LogP contribution in [-0.2, 0) is 4.74 Å². The van der Waals surface area contributed by atoms with Crippen LogP contribution in [0.1, 0.15) is 42.7 Å². The number of amides is 1. The van der Waals surface area contributed by atoms with Gasteiger partial charge in [0.2, 0.25) is 0 Å². The lowest BCUT2D eigenvalue weighted by atomic mass is 10.2. The van der Waals surface area contributed by atoms with Gasteiger partial charge in [0.15, 0.2) is 0 Å². The zero-order valence-electron chi connectivity index (χ0n) is 11.9. The summed E-state index contributed by atoms with van der Waals surface area (Å²) in [7, 11) is 0. The number of hydrogen-bond acceptors (Lipinski definition) is 4. The lowest BCUT2D eigenvalue weighted by Crippen LogP contribution is -2.25. The summed E-state index contributed by atoms with van der Waals surface area (Å²) in [5.41, 5.74) is 6.92. The molecule has 5 nitrogen and oxygen atoms in total. The minimum absolute atomic E-state index is 0.109. The van der Waals surface area contributed by atoms with Crippen molar-refractivity contribution in [2.45, 2.75) is 39.7 Å². The Bertz CT molecular complexity index is 399. The highest BCUT2D eigenvalue weighted by Gasteiger charge is 2.06. The number of hydrogen-bond donors (Lipinski definition) is 2. The quantitative estimate of drug-likeness (QED) is 0.738. The van der Waals surface area contributed by atoms with Gasteiger partial charge in [0.25, 0.3) is 5.91 Å². The van der Waals surface area contributed by atoms with Crippen LogP contribution in [0, 0.1) is 6.92 Å². The molecule has 1 heterocycles. The molecule has 0 spiro atoms. The summed E-state index contributed by atoms with van der Waals surface area (Å²) in [4.78, 5) is 15.9. The molecule has 0 saturated carbocycles. The summed E-state index contributed by atoms with van der Waals surface area (Å²) < 4.78 is 5.43. The molecule has 1 rings (SSSR count). The van der Waals surface area contributed by atoms with Gasteiger partial charge in [-0.1, -0.05) is 0 Å². The van der Waals surface area contributed by atoms with E-state index >= 15 is 0 Å². The van der Waals surface area contributed by atoms with Crippen molar-refractivity contribution >= 4 is 11.7 Å². The highest BCUT2D eigenvalue weighted by atomic mass is 16.5. The first-order valence-electron chi connectivity index (χ1n) is 6.63. The van der Waals surface area contributed by atoms with Crippen LogP contribution in [0.5, 0.6) is 0 Å². The first-order valence-corrected chi connectivity index (χ1v) is 6.63. The van der Waals surface area contributed by atoms with E-state index in [9.17, 15) is 4.79 Å². The van der Waals surface area contributed by atoms with Gasteiger partial charge in [-0.2, -0.15) is 0 Å². The fraction of sp³-hybridized carbons (Fsp3) is 0.571. The molecular weight excluding hydrogens is 242 g/mol. The van der Waals surface area contributed by atoms with Gasteiger partial charge >= 0.3 is 0 Å². The molecule has 0 fully saturated rings. The van der Waals surface area contributed by atoms with Crippen molar-refractivity contribution in [2.75, 3.05) is 18.9 Å². The Kier molecular flexibility index (Phi) is 6.29. The Morgan fingerprint density at radius 1 is 1.42 bits per heavy atom. The molecule has 19 heavy (non-hydrogen) atoms. The maximum Gasteiger partial charge on any atom is 0.251 e. The zero-order chi connectivity index (χ0) is 14.3. The van der Waals surface area contributed by atoms with E-state index in [0.717, 1.165) is 25.1 Å². The summed E-state index contributed by atoms with van der Waals surface area (Å²) in [6.07, 6.45) is 2.10. The number of rotatable bonds is 7. The van der Waals surface area contributed by atoms with Gasteiger partial charge in [-0.25, -0.2) is 4.98 Å². The molecule has 5 heteroatoms. The van der Waals surface area contributed by atoms with Gasteiger partial charge in [-0.3, -0.25) is 4.79 Å². The van der Waals surface area contributed by atoms with Gasteiger partial charge in [0, 0.05) is 24.4 Å². The Balaban J connectivity index is 2.27. The third kappa shape index (κ3) is 6.20. The fourth-order valence-corrected chi connectivity index (χ4v) is 1.68. The van der Waals surface area contributed by atoms with E-state index in [1.165, 1.54) is 0 Å². The molecule has 0 atom stereocenters. The molecule has 0 bridgehead atoms. The second-order valence-electron chi connectivity index (χ2n) is 4.80. The average molecular weight is 265 g/mol. The van der Waals surface area contributed by atoms with Crippen molar-refractivity contribution in [1.82, 2.24) is 10.3 Å². The smallest absolute Gasteiger partial charge is 0.251 e. The number of carbonyl (C=O) groups excluding carboxylic acids is 1. The largest absolute Gasteiger partial charge is 0.384 e. The van der Waals surface area contributed by atoms with Gasteiger partial charge in [-0.15, -0.1) is 0 Å². The van der Waals surface area contributed by atoms with E-state index in [1.807, 2.05) is 20.8 Å². The summed E-state index contributed by atoms with van der Waals surface area (Å²) >= 11 is 0. The summed E-state index contributed by atoms with van der Waals surface area (Å²) in [6.45, 7) is 7.21. The molecule has 1 aromatic heterocycles. The van der Waals surface area contributed by atoms with Crippen LogP contribution in [0.15, 0.2) is 12.1 Å². The summed E-state index contributed by atoms with van der Waals surface area (Å²) in [5.74, 6) is 0.262. The molecule has 0 aliphatic heterocycles. The Hall–Kier alpha value is -1.62.